The van der Waals surface area contributed by atoms with Crippen LogP contribution in [0.3, 0.4) is 0 Å². The second kappa shape index (κ2) is 27.7. The standard InChI is InChI=1S/C29H61O4P/c1-2-3-4-5-6-7-8-9-10-11-12-13-14-15-16-17-18-19-20-21-22-23-24-25-26-27-28-29-33-34(30,31)32/h2-29H2,1H3,(H2,30,31,32). The Bertz CT molecular complexity index is 424. The monoisotopic (exact) mass is 504 g/mol. The Morgan fingerprint density at radius 2 is 0.618 bits per heavy atom. The third kappa shape index (κ3) is 32.1. The van der Waals surface area contributed by atoms with Gasteiger partial charge in [-0.05, 0) is 6.42 Å². The van der Waals surface area contributed by atoms with Crippen molar-refractivity contribution in [2.75, 3.05) is 6.61 Å². The highest BCUT2D eigenvalue weighted by Gasteiger charge is 2.12. The Balaban J connectivity index is 3.03. The Morgan fingerprint density at radius 1 is 0.412 bits per heavy atom. The van der Waals surface area contributed by atoms with Gasteiger partial charge in [0.15, 0.2) is 0 Å². The SMILES string of the molecule is CCCCCCCCCCCCCCCCCCCCCCCCCCCCCOP(=O)(O)O. The molecule has 0 unspecified atom stereocenters. The first-order valence-electron chi connectivity index (χ1n) is 15.3. The number of rotatable bonds is 29. The first-order chi connectivity index (χ1) is 16.6. The molecule has 0 aliphatic rings. The van der Waals surface area contributed by atoms with Gasteiger partial charge in [0, 0.05) is 0 Å². The van der Waals surface area contributed by atoms with Crippen molar-refractivity contribution < 1.29 is 18.9 Å². The maximum Gasteiger partial charge on any atom is 0.469 e. The lowest BCUT2D eigenvalue weighted by Gasteiger charge is -2.05. The van der Waals surface area contributed by atoms with Gasteiger partial charge in [-0.15, -0.1) is 0 Å². The Kier molecular flexibility index (Phi) is 27.8. The highest BCUT2D eigenvalue weighted by Crippen LogP contribution is 2.35. The van der Waals surface area contributed by atoms with Crippen LogP contribution in [0, 0.1) is 0 Å². The van der Waals surface area contributed by atoms with Crippen molar-refractivity contribution in [3.63, 3.8) is 0 Å². The van der Waals surface area contributed by atoms with E-state index in [0.717, 1.165) is 19.3 Å². The van der Waals surface area contributed by atoms with Gasteiger partial charge >= 0.3 is 7.82 Å². The predicted octanol–water partition coefficient (Wildman–Crippen LogP) is 10.6. The summed E-state index contributed by atoms with van der Waals surface area (Å²) in [6, 6.07) is 0. The molecule has 0 aromatic rings. The van der Waals surface area contributed by atoms with Crippen molar-refractivity contribution in [1.29, 1.82) is 0 Å². The van der Waals surface area contributed by atoms with Crippen LogP contribution in [0.15, 0.2) is 0 Å². The third-order valence-corrected chi connectivity index (χ3v) is 7.53. The quantitative estimate of drug-likeness (QED) is 0.0785. The summed E-state index contributed by atoms with van der Waals surface area (Å²) in [5, 5.41) is 0. The predicted molar refractivity (Wildman–Crippen MR) is 148 cm³/mol. The summed E-state index contributed by atoms with van der Waals surface area (Å²) in [5.41, 5.74) is 0. The van der Waals surface area contributed by atoms with Gasteiger partial charge < -0.3 is 9.79 Å². The molecule has 0 heterocycles. The molecule has 0 bridgehead atoms. The van der Waals surface area contributed by atoms with E-state index in [0.29, 0.717) is 0 Å². The van der Waals surface area contributed by atoms with Gasteiger partial charge in [0.25, 0.3) is 0 Å². The minimum Gasteiger partial charge on any atom is -0.303 e. The molecule has 5 heteroatoms. The van der Waals surface area contributed by atoms with Crippen molar-refractivity contribution in [3.8, 4) is 0 Å². The van der Waals surface area contributed by atoms with Gasteiger partial charge in [-0.25, -0.2) is 4.57 Å². The van der Waals surface area contributed by atoms with Crippen molar-refractivity contribution in [2.45, 2.75) is 180 Å². The van der Waals surface area contributed by atoms with Crippen LogP contribution >= 0.6 is 7.82 Å². The lowest BCUT2D eigenvalue weighted by Crippen LogP contribution is -1.92. The summed E-state index contributed by atoms with van der Waals surface area (Å²) in [4.78, 5) is 17.2. The van der Waals surface area contributed by atoms with Crippen LogP contribution in [0.2, 0.25) is 0 Å². The van der Waals surface area contributed by atoms with Gasteiger partial charge in [0.1, 0.15) is 0 Å². The fourth-order valence-corrected chi connectivity index (χ4v) is 5.15. The van der Waals surface area contributed by atoms with Crippen LogP contribution in [0.4, 0.5) is 0 Å². The Hall–Kier alpha value is 0.110. The molecule has 0 fully saturated rings. The van der Waals surface area contributed by atoms with Crippen LogP contribution in [0.1, 0.15) is 180 Å². The van der Waals surface area contributed by atoms with Crippen LogP contribution in [-0.2, 0) is 9.09 Å². The fourth-order valence-electron chi connectivity index (χ4n) is 4.78. The van der Waals surface area contributed by atoms with Crippen molar-refractivity contribution in [3.05, 3.63) is 0 Å². The van der Waals surface area contributed by atoms with Gasteiger partial charge in [0.05, 0.1) is 6.61 Å². The molecule has 2 N–H and O–H groups in total. The lowest BCUT2D eigenvalue weighted by molar-refractivity contribution is 0.193. The molecule has 34 heavy (non-hydrogen) atoms. The van der Waals surface area contributed by atoms with Crippen LogP contribution < -0.4 is 0 Å². The second-order valence-electron chi connectivity index (χ2n) is 10.5. The number of phosphoric ester groups is 1. The van der Waals surface area contributed by atoms with E-state index in [9.17, 15) is 4.57 Å². The average Bonchev–Trinajstić information content (AvgIpc) is 2.80. The molecule has 0 radical (unpaired) electrons. The van der Waals surface area contributed by atoms with E-state index >= 15 is 0 Å². The molecule has 0 rings (SSSR count). The molecule has 0 aromatic heterocycles. The molecular weight excluding hydrogens is 443 g/mol. The van der Waals surface area contributed by atoms with E-state index in [1.165, 1.54) is 154 Å². The number of unbranched alkanes of at least 4 members (excludes halogenated alkanes) is 26. The average molecular weight is 505 g/mol. The van der Waals surface area contributed by atoms with Crippen molar-refractivity contribution >= 4 is 7.82 Å². The van der Waals surface area contributed by atoms with E-state index in [4.69, 9.17) is 9.79 Å². The number of phosphoric acid groups is 1. The summed E-state index contributed by atoms with van der Waals surface area (Å²) in [6.45, 7) is 2.46. The van der Waals surface area contributed by atoms with E-state index in [2.05, 4.69) is 11.4 Å². The van der Waals surface area contributed by atoms with E-state index in [1.807, 2.05) is 0 Å². The first kappa shape index (κ1) is 34.1. The summed E-state index contributed by atoms with van der Waals surface area (Å²) in [6.07, 6.45) is 36.9. The van der Waals surface area contributed by atoms with Crippen molar-refractivity contribution in [2.24, 2.45) is 0 Å². The highest BCUT2D eigenvalue weighted by atomic mass is 31.2. The van der Waals surface area contributed by atoms with Crippen LogP contribution in [-0.4, -0.2) is 16.4 Å². The zero-order chi connectivity index (χ0) is 25.0. The molecular formula is C29H61O4P. The van der Waals surface area contributed by atoms with Crippen molar-refractivity contribution in [1.82, 2.24) is 0 Å². The molecule has 0 aliphatic heterocycles. The number of hydrogen-bond donors (Lipinski definition) is 2. The molecule has 0 saturated heterocycles. The first-order valence-corrected chi connectivity index (χ1v) is 16.8. The normalized spacial score (nSPS) is 12.0. The largest absolute Gasteiger partial charge is 0.469 e. The minimum atomic E-state index is -4.27. The van der Waals surface area contributed by atoms with E-state index < -0.39 is 7.82 Å². The zero-order valence-electron chi connectivity index (χ0n) is 23.0. The molecule has 0 aromatic carbocycles. The summed E-state index contributed by atoms with van der Waals surface area (Å²) < 4.78 is 15.0. The highest BCUT2D eigenvalue weighted by molar-refractivity contribution is 7.46. The fraction of sp³-hybridized carbons (Fsp3) is 1.00. The van der Waals surface area contributed by atoms with Gasteiger partial charge in [-0.3, -0.25) is 4.52 Å². The van der Waals surface area contributed by atoms with Crippen LogP contribution in [0.5, 0.6) is 0 Å². The third-order valence-electron chi connectivity index (χ3n) is 7.01. The molecule has 0 amide bonds. The molecule has 0 aliphatic carbocycles. The molecule has 0 saturated carbocycles. The zero-order valence-corrected chi connectivity index (χ0v) is 23.9. The van der Waals surface area contributed by atoms with Gasteiger partial charge in [-0.1, -0.05) is 174 Å². The topological polar surface area (TPSA) is 66.8 Å². The Morgan fingerprint density at radius 3 is 0.824 bits per heavy atom. The Labute approximate surface area is 213 Å². The van der Waals surface area contributed by atoms with E-state index in [-0.39, 0.29) is 6.61 Å². The van der Waals surface area contributed by atoms with Gasteiger partial charge in [0.2, 0.25) is 0 Å². The maximum absolute atomic E-state index is 10.6. The van der Waals surface area contributed by atoms with E-state index in [1.54, 1.807) is 0 Å². The molecule has 4 nitrogen and oxygen atoms in total. The van der Waals surface area contributed by atoms with Crippen LogP contribution in [0.25, 0.3) is 0 Å². The summed E-state index contributed by atoms with van der Waals surface area (Å²) in [7, 11) is -4.27. The number of hydrogen-bond acceptors (Lipinski definition) is 2. The lowest BCUT2D eigenvalue weighted by atomic mass is 10.0. The summed E-state index contributed by atoms with van der Waals surface area (Å²) >= 11 is 0. The van der Waals surface area contributed by atoms with Gasteiger partial charge in [-0.2, -0.15) is 0 Å². The molecule has 0 spiro atoms. The summed E-state index contributed by atoms with van der Waals surface area (Å²) in [5.74, 6) is 0. The molecule has 206 valence electrons. The second-order valence-corrected chi connectivity index (χ2v) is 11.8. The maximum atomic E-state index is 10.6. The minimum absolute atomic E-state index is 0.170. The smallest absolute Gasteiger partial charge is 0.303 e. The molecule has 0 atom stereocenters.